The van der Waals surface area contributed by atoms with Gasteiger partial charge in [0, 0.05) is 50.5 Å². The number of amides is 2. The van der Waals surface area contributed by atoms with Gasteiger partial charge in [-0.2, -0.15) is 0 Å². The van der Waals surface area contributed by atoms with E-state index in [1.54, 1.807) is 12.1 Å². The number of rotatable bonds is 5. The first kappa shape index (κ1) is 20.0. The molecule has 0 spiro atoms. The highest BCUT2D eigenvalue weighted by Crippen LogP contribution is 2.40. The largest absolute Gasteiger partial charge is 0.367 e. The van der Waals surface area contributed by atoms with Crippen LogP contribution in [0.3, 0.4) is 0 Å². The van der Waals surface area contributed by atoms with Crippen molar-refractivity contribution in [1.82, 2.24) is 15.2 Å². The molecule has 4 rings (SSSR count). The molecule has 0 atom stereocenters. The molecule has 0 unspecified atom stereocenters. The summed E-state index contributed by atoms with van der Waals surface area (Å²) in [4.78, 5) is 22.7. The molecule has 7 heteroatoms. The van der Waals surface area contributed by atoms with Gasteiger partial charge in [-0.25, -0.2) is 9.18 Å². The summed E-state index contributed by atoms with van der Waals surface area (Å²) in [5, 5.41) is 3.01. The Morgan fingerprint density at radius 3 is 2.69 bits per heavy atom. The molecule has 154 valence electrons. The third-order valence-corrected chi connectivity index (χ3v) is 6.60. The second-order valence-electron chi connectivity index (χ2n) is 7.47. The molecule has 3 heterocycles. The zero-order valence-corrected chi connectivity index (χ0v) is 17.6. The maximum atomic E-state index is 13.3. The quantitative estimate of drug-likeness (QED) is 0.746. The minimum Gasteiger partial charge on any atom is -0.367 e. The van der Waals surface area contributed by atoms with Gasteiger partial charge >= 0.3 is 6.03 Å². The fourth-order valence-electron chi connectivity index (χ4n) is 3.79. The average molecular weight is 415 g/mol. The molecule has 0 saturated carbocycles. The van der Waals surface area contributed by atoms with E-state index in [-0.39, 0.29) is 11.8 Å². The van der Waals surface area contributed by atoms with Crippen molar-refractivity contribution in [2.24, 2.45) is 0 Å². The number of fused-ring (bicyclic) bond motifs is 1. The van der Waals surface area contributed by atoms with Gasteiger partial charge in [0.05, 0.1) is 22.0 Å². The van der Waals surface area contributed by atoms with Gasteiger partial charge in [-0.3, -0.25) is 4.98 Å². The van der Waals surface area contributed by atoms with Crippen LogP contribution in [0.1, 0.15) is 25.5 Å². The van der Waals surface area contributed by atoms with Crippen LogP contribution in [0.2, 0.25) is 0 Å². The van der Waals surface area contributed by atoms with Gasteiger partial charge in [0.2, 0.25) is 0 Å². The first-order chi connectivity index (χ1) is 14.2. The monoisotopic (exact) mass is 414 g/mol. The molecule has 2 aliphatic heterocycles. The molecule has 5 nitrogen and oxygen atoms in total. The van der Waals surface area contributed by atoms with E-state index in [0.29, 0.717) is 13.1 Å². The van der Waals surface area contributed by atoms with Crippen LogP contribution in [0, 0.1) is 5.82 Å². The standard InChI is InChI=1S/C22H27FN4OS/c1-2-3-9-24-22(28)27-12-10-26(11-13-27)20-15-19(16-4-6-17(23)7-5-16)25-18-8-14-29-21(18)20/h4-7,15H,2-3,8-14H2,1H3,(H,24,28). The summed E-state index contributed by atoms with van der Waals surface area (Å²) >= 11 is 1.86. The molecule has 1 aromatic heterocycles. The Morgan fingerprint density at radius 1 is 1.21 bits per heavy atom. The van der Waals surface area contributed by atoms with Crippen molar-refractivity contribution in [2.45, 2.75) is 31.1 Å². The maximum Gasteiger partial charge on any atom is 0.317 e. The molecule has 29 heavy (non-hydrogen) atoms. The predicted molar refractivity (Wildman–Crippen MR) is 116 cm³/mol. The third-order valence-electron chi connectivity index (χ3n) is 5.46. The van der Waals surface area contributed by atoms with Crippen molar-refractivity contribution in [2.75, 3.05) is 43.4 Å². The van der Waals surface area contributed by atoms with E-state index in [1.807, 2.05) is 16.7 Å². The molecule has 2 aliphatic rings. The number of hydrogen-bond donors (Lipinski definition) is 1. The molecule has 1 aromatic carbocycles. The van der Waals surface area contributed by atoms with Crippen molar-refractivity contribution in [3.8, 4) is 11.3 Å². The number of nitrogens with one attached hydrogen (secondary N) is 1. The van der Waals surface area contributed by atoms with Crippen LogP contribution in [0.25, 0.3) is 11.3 Å². The highest BCUT2D eigenvalue weighted by atomic mass is 32.2. The normalized spacial score (nSPS) is 16.1. The average Bonchev–Trinajstić information content (AvgIpc) is 3.22. The highest BCUT2D eigenvalue weighted by Gasteiger charge is 2.26. The highest BCUT2D eigenvalue weighted by molar-refractivity contribution is 7.99. The van der Waals surface area contributed by atoms with Gasteiger partial charge in [0.25, 0.3) is 0 Å². The number of aromatic nitrogens is 1. The summed E-state index contributed by atoms with van der Waals surface area (Å²) in [6, 6.07) is 8.70. The number of anilines is 1. The van der Waals surface area contributed by atoms with E-state index in [9.17, 15) is 9.18 Å². The van der Waals surface area contributed by atoms with Crippen LogP contribution in [0.4, 0.5) is 14.9 Å². The van der Waals surface area contributed by atoms with Gasteiger partial charge in [-0.15, -0.1) is 11.8 Å². The number of urea groups is 1. The van der Waals surface area contributed by atoms with E-state index in [4.69, 9.17) is 4.98 Å². The fourth-order valence-corrected chi connectivity index (χ4v) is 4.94. The summed E-state index contributed by atoms with van der Waals surface area (Å²) in [5.41, 5.74) is 4.15. The van der Waals surface area contributed by atoms with Crippen molar-refractivity contribution >= 4 is 23.5 Å². The lowest BCUT2D eigenvalue weighted by molar-refractivity contribution is 0.194. The minimum atomic E-state index is -0.237. The predicted octanol–water partition coefficient (Wildman–Crippen LogP) is 4.17. The van der Waals surface area contributed by atoms with Crippen molar-refractivity contribution in [3.63, 3.8) is 0 Å². The first-order valence-corrected chi connectivity index (χ1v) is 11.3. The number of carbonyl (C=O) groups is 1. The number of carbonyl (C=O) groups excluding carboxylic acids is 1. The number of nitrogens with zero attached hydrogens (tertiary/aromatic N) is 3. The zero-order valence-electron chi connectivity index (χ0n) is 16.8. The van der Waals surface area contributed by atoms with Crippen molar-refractivity contribution < 1.29 is 9.18 Å². The smallest absolute Gasteiger partial charge is 0.317 e. The van der Waals surface area contributed by atoms with Gasteiger partial charge in [-0.05, 0) is 36.8 Å². The SMILES string of the molecule is CCCCNC(=O)N1CCN(c2cc(-c3ccc(F)cc3)nc3c2SCC3)CC1. The number of halogens is 1. The van der Waals surface area contributed by atoms with E-state index in [2.05, 4.69) is 23.2 Å². The molecule has 1 N–H and O–H groups in total. The molecule has 0 radical (unpaired) electrons. The molecular formula is C22H27FN4OS. The van der Waals surface area contributed by atoms with Crippen molar-refractivity contribution in [3.05, 3.63) is 41.8 Å². The summed E-state index contributed by atoms with van der Waals surface area (Å²) in [6.07, 6.45) is 3.05. The Bertz CT molecular complexity index is 866. The van der Waals surface area contributed by atoms with Crippen LogP contribution < -0.4 is 10.2 Å². The summed E-state index contributed by atoms with van der Waals surface area (Å²) in [7, 11) is 0. The lowest BCUT2D eigenvalue weighted by Gasteiger charge is -2.37. The zero-order chi connectivity index (χ0) is 20.2. The maximum absolute atomic E-state index is 13.3. The number of hydrogen-bond acceptors (Lipinski definition) is 4. The summed E-state index contributed by atoms with van der Waals surface area (Å²) in [5.74, 6) is 0.807. The summed E-state index contributed by atoms with van der Waals surface area (Å²) < 4.78 is 13.3. The molecule has 1 fully saturated rings. The Hall–Kier alpha value is -2.28. The number of pyridine rings is 1. The number of benzene rings is 1. The Balaban J connectivity index is 1.50. The molecule has 2 aromatic rings. The van der Waals surface area contributed by atoms with Crippen LogP contribution in [-0.4, -0.2) is 54.4 Å². The van der Waals surface area contributed by atoms with E-state index in [0.717, 1.165) is 61.6 Å². The van der Waals surface area contributed by atoms with Gasteiger partial charge in [0.15, 0.2) is 0 Å². The van der Waals surface area contributed by atoms with Crippen LogP contribution in [0.15, 0.2) is 35.2 Å². The second kappa shape index (κ2) is 9.03. The number of unbranched alkanes of at least 4 members (excludes halogenated alkanes) is 1. The summed E-state index contributed by atoms with van der Waals surface area (Å²) in [6.45, 7) is 5.90. The van der Waals surface area contributed by atoms with Gasteiger partial charge < -0.3 is 15.1 Å². The molecule has 2 amide bonds. The van der Waals surface area contributed by atoms with E-state index < -0.39 is 0 Å². The van der Waals surface area contributed by atoms with Crippen LogP contribution in [0.5, 0.6) is 0 Å². The van der Waals surface area contributed by atoms with E-state index in [1.165, 1.54) is 22.7 Å². The number of aryl methyl sites for hydroxylation is 1. The van der Waals surface area contributed by atoms with Crippen molar-refractivity contribution in [1.29, 1.82) is 0 Å². The Labute approximate surface area is 175 Å². The molecule has 0 aliphatic carbocycles. The fraction of sp³-hybridized carbons (Fsp3) is 0.455. The van der Waals surface area contributed by atoms with Crippen LogP contribution in [-0.2, 0) is 6.42 Å². The lowest BCUT2D eigenvalue weighted by atomic mass is 10.1. The Kier molecular flexibility index (Phi) is 6.23. The number of piperazine rings is 1. The van der Waals surface area contributed by atoms with Gasteiger partial charge in [-0.1, -0.05) is 13.3 Å². The molecule has 0 bridgehead atoms. The van der Waals surface area contributed by atoms with E-state index >= 15 is 0 Å². The third kappa shape index (κ3) is 4.50. The first-order valence-electron chi connectivity index (χ1n) is 10.4. The van der Waals surface area contributed by atoms with Crippen LogP contribution >= 0.6 is 11.8 Å². The Morgan fingerprint density at radius 2 is 1.97 bits per heavy atom. The topological polar surface area (TPSA) is 48.5 Å². The minimum absolute atomic E-state index is 0.0411. The lowest BCUT2D eigenvalue weighted by Crippen LogP contribution is -2.52. The number of thioether (sulfide) groups is 1. The molecular weight excluding hydrogens is 387 g/mol. The second-order valence-corrected chi connectivity index (χ2v) is 8.57. The van der Waals surface area contributed by atoms with Gasteiger partial charge in [0.1, 0.15) is 5.82 Å². The molecule has 1 saturated heterocycles.